The fourth-order valence-electron chi connectivity index (χ4n) is 1.47. The monoisotopic (exact) mass is 241 g/mol. The van der Waals surface area contributed by atoms with Crippen LogP contribution in [-0.4, -0.2) is 6.21 Å². The highest BCUT2D eigenvalue weighted by atomic mass is 35.5. The minimum absolute atomic E-state index is 0.730. The van der Waals surface area contributed by atoms with Crippen molar-refractivity contribution in [3.63, 3.8) is 0 Å². The van der Waals surface area contributed by atoms with Crippen LogP contribution in [0.5, 0.6) is 0 Å². The molecule has 2 heteroatoms. The van der Waals surface area contributed by atoms with Gasteiger partial charge in [0.05, 0.1) is 5.69 Å². The van der Waals surface area contributed by atoms with Crippen molar-refractivity contribution in [2.24, 2.45) is 4.99 Å². The SMILES string of the molecule is C=Cc1ccccc1N=Cc1ccc(Cl)cc1. The standard InChI is InChI=1S/C15H12ClN/c1-2-13-5-3-4-6-15(13)17-11-12-7-9-14(16)10-8-12/h2-11H,1H2. The summed E-state index contributed by atoms with van der Waals surface area (Å²) in [4.78, 5) is 4.44. The van der Waals surface area contributed by atoms with Crippen molar-refractivity contribution >= 4 is 29.6 Å². The molecular weight excluding hydrogens is 230 g/mol. The zero-order valence-electron chi connectivity index (χ0n) is 9.31. The van der Waals surface area contributed by atoms with E-state index in [-0.39, 0.29) is 0 Å². The van der Waals surface area contributed by atoms with Crippen LogP contribution in [0, 0.1) is 0 Å². The smallest absolute Gasteiger partial charge is 0.0701 e. The second kappa shape index (κ2) is 5.46. The summed E-state index contributed by atoms with van der Waals surface area (Å²) in [7, 11) is 0. The lowest BCUT2D eigenvalue weighted by atomic mass is 10.2. The number of rotatable bonds is 3. The summed E-state index contributed by atoms with van der Waals surface area (Å²) >= 11 is 5.82. The Bertz CT molecular complexity index is 541. The van der Waals surface area contributed by atoms with Gasteiger partial charge in [-0.3, -0.25) is 4.99 Å². The number of para-hydroxylation sites is 1. The van der Waals surface area contributed by atoms with Gasteiger partial charge < -0.3 is 0 Å². The second-order valence-electron chi connectivity index (χ2n) is 3.57. The molecule has 0 unspecified atom stereocenters. The van der Waals surface area contributed by atoms with Crippen LogP contribution in [0.3, 0.4) is 0 Å². The third-order valence-electron chi connectivity index (χ3n) is 2.38. The molecule has 0 atom stereocenters. The summed E-state index contributed by atoms with van der Waals surface area (Å²) in [5.74, 6) is 0. The molecule has 0 amide bonds. The first kappa shape index (κ1) is 11.6. The molecule has 0 heterocycles. The molecule has 0 aromatic heterocycles. The Hall–Kier alpha value is -1.86. The van der Waals surface area contributed by atoms with Gasteiger partial charge in [0.1, 0.15) is 0 Å². The molecule has 0 saturated carbocycles. The van der Waals surface area contributed by atoms with Crippen molar-refractivity contribution < 1.29 is 0 Å². The third kappa shape index (κ3) is 3.05. The van der Waals surface area contributed by atoms with Gasteiger partial charge in [-0.2, -0.15) is 0 Å². The Balaban J connectivity index is 2.25. The molecule has 2 rings (SSSR count). The summed E-state index contributed by atoms with van der Waals surface area (Å²) < 4.78 is 0. The van der Waals surface area contributed by atoms with Gasteiger partial charge in [0, 0.05) is 11.2 Å². The first-order valence-corrected chi connectivity index (χ1v) is 5.68. The molecule has 0 aliphatic rings. The maximum atomic E-state index is 5.82. The van der Waals surface area contributed by atoms with Gasteiger partial charge in [-0.05, 0) is 29.3 Å². The van der Waals surface area contributed by atoms with E-state index in [0.29, 0.717) is 0 Å². The maximum Gasteiger partial charge on any atom is 0.0701 e. The average molecular weight is 242 g/mol. The van der Waals surface area contributed by atoms with E-state index in [9.17, 15) is 0 Å². The van der Waals surface area contributed by atoms with Crippen molar-refractivity contribution in [3.8, 4) is 0 Å². The van der Waals surface area contributed by atoms with Crippen LogP contribution in [0.4, 0.5) is 5.69 Å². The van der Waals surface area contributed by atoms with E-state index in [0.717, 1.165) is 21.8 Å². The molecule has 0 bridgehead atoms. The third-order valence-corrected chi connectivity index (χ3v) is 2.63. The zero-order chi connectivity index (χ0) is 12.1. The second-order valence-corrected chi connectivity index (χ2v) is 4.01. The van der Waals surface area contributed by atoms with E-state index in [1.807, 2.05) is 54.7 Å². The van der Waals surface area contributed by atoms with Gasteiger partial charge >= 0.3 is 0 Å². The quantitative estimate of drug-likeness (QED) is 0.689. The minimum Gasteiger partial charge on any atom is -0.256 e. The average Bonchev–Trinajstić information content (AvgIpc) is 2.38. The molecule has 17 heavy (non-hydrogen) atoms. The largest absolute Gasteiger partial charge is 0.256 e. The lowest BCUT2D eigenvalue weighted by Gasteiger charge is -1.99. The number of hydrogen-bond donors (Lipinski definition) is 0. The van der Waals surface area contributed by atoms with Crippen LogP contribution in [0.2, 0.25) is 5.02 Å². The van der Waals surface area contributed by atoms with Gasteiger partial charge in [0.15, 0.2) is 0 Å². The highest BCUT2D eigenvalue weighted by molar-refractivity contribution is 6.30. The van der Waals surface area contributed by atoms with Gasteiger partial charge in [-0.1, -0.05) is 54.6 Å². The van der Waals surface area contributed by atoms with Crippen molar-refractivity contribution in [1.29, 1.82) is 0 Å². The highest BCUT2D eigenvalue weighted by Gasteiger charge is 1.94. The van der Waals surface area contributed by atoms with E-state index >= 15 is 0 Å². The van der Waals surface area contributed by atoms with Crippen LogP contribution < -0.4 is 0 Å². The normalized spacial score (nSPS) is 10.6. The van der Waals surface area contributed by atoms with Crippen LogP contribution >= 0.6 is 11.6 Å². The predicted octanol–water partition coefficient (Wildman–Crippen LogP) is 4.73. The van der Waals surface area contributed by atoms with E-state index < -0.39 is 0 Å². The van der Waals surface area contributed by atoms with Crippen LogP contribution in [0.1, 0.15) is 11.1 Å². The van der Waals surface area contributed by atoms with E-state index in [1.54, 1.807) is 6.08 Å². The zero-order valence-corrected chi connectivity index (χ0v) is 10.1. The van der Waals surface area contributed by atoms with Crippen molar-refractivity contribution in [2.45, 2.75) is 0 Å². The Labute approximate surface area is 106 Å². The number of halogens is 1. The highest BCUT2D eigenvalue weighted by Crippen LogP contribution is 2.19. The van der Waals surface area contributed by atoms with Crippen LogP contribution in [-0.2, 0) is 0 Å². The van der Waals surface area contributed by atoms with Crippen molar-refractivity contribution in [3.05, 3.63) is 71.3 Å². The molecule has 0 aliphatic heterocycles. The number of benzene rings is 2. The Morgan fingerprint density at radius 3 is 2.41 bits per heavy atom. The first-order chi connectivity index (χ1) is 8.29. The molecule has 0 aliphatic carbocycles. The maximum absolute atomic E-state index is 5.82. The fourth-order valence-corrected chi connectivity index (χ4v) is 1.60. The first-order valence-electron chi connectivity index (χ1n) is 5.31. The van der Waals surface area contributed by atoms with Crippen molar-refractivity contribution in [2.75, 3.05) is 0 Å². The molecule has 2 aromatic carbocycles. The number of nitrogens with zero attached hydrogens (tertiary/aromatic N) is 1. The van der Waals surface area contributed by atoms with Crippen LogP contribution in [0.15, 0.2) is 60.1 Å². The predicted molar refractivity (Wildman–Crippen MR) is 75.2 cm³/mol. The molecular formula is C15H12ClN. The van der Waals surface area contributed by atoms with Gasteiger partial charge in [-0.25, -0.2) is 0 Å². The Morgan fingerprint density at radius 1 is 1.00 bits per heavy atom. The Morgan fingerprint density at radius 2 is 1.71 bits per heavy atom. The lowest BCUT2D eigenvalue weighted by Crippen LogP contribution is -1.80. The summed E-state index contributed by atoms with van der Waals surface area (Å²) in [6, 6.07) is 15.4. The number of hydrogen-bond acceptors (Lipinski definition) is 1. The fraction of sp³-hybridized carbons (Fsp3) is 0. The molecule has 1 nitrogen and oxygen atoms in total. The summed E-state index contributed by atoms with van der Waals surface area (Å²) in [6.07, 6.45) is 3.62. The van der Waals surface area contributed by atoms with Gasteiger partial charge in [0.2, 0.25) is 0 Å². The van der Waals surface area contributed by atoms with Gasteiger partial charge in [-0.15, -0.1) is 0 Å². The molecule has 0 spiro atoms. The summed E-state index contributed by atoms with van der Waals surface area (Å²) in [5, 5.41) is 0.730. The van der Waals surface area contributed by atoms with E-state index in [2.05, 4.69) is 11.6 Å². The molecule has 0 radical (unpaired) electrons. The van der Waals surface area contributed by atoms with Gasteiger partial charge in [0.25, 0.3) is 0 Å². The van der Waals surface area contributed by atoms with E-state index in [4.69, 9.17) is 11.6 Å². The molecule has 2 aromatic rings. The topological polar surface area (TPSA) is 12.4 Å². The van der Waals surface area contributed by atoms with Crippen LogP contribution in [0.25, 0.3) is 6.08 Å². The number of aliphatic imine (C=N–C) groups is 1. The summed E-state index contributed by atoms with van der Waals surface area (Å²) in [6.45, 7) is 3.77. The minimum atomic E-state index is 0.730. The molecule has 0 N–H and O–H groups in total. The van der Waals surface area contributed by atoms with E-state index in [1.165, 1.54) is 0 Å². The Kier molecular flexibility index (Phi) is 3.73. The summed E-state index contributed by atoms with van der Waals surface area (Å²) in [5.41, 5.74) is 2.96. The molecule has 84 valence electrons. The molecule has 0 saturated heterocycles. The molecule has 0 fully saturated rings. The lowest BCUT2D eigenvalue weighted by molar-refractivity contribution is 1.50. The van der Waals surface area contributed by atoms with Crippen molar-refractivity contribution in [1.82, 2.24) is 0 Å².